The van der Waals surface area contributed by atoms with Crippen molar-refractivity contribution in [1.82, 2.24) is 0 Å². The third-order valence-electron chi connectivity index (χ3n) is 1.98. The van der Waals surface area contributed by atoms with Crippen molar-refractivity contribution in [3.05, 3.63) is 23.0 Å². The van der Waals surface area contributed by atoms with E-state index >= 15 is 0 Å². The second kappa shape index (κ2) is 2.35. The number of nitrogens with zero attached hydrogens (tertiary/aromatic N) is 1. The molecule has 0 spiro atoms. The zero-order valence-corrected chi connectivity index (χ0v) is 6.58. The van der Waals surface area contributed by atoms with Gasteiger partial charge in [0.1, 0.15) is 5.84 Å². The summed E-state index contributed by atoms with van der Waals surface area (Å²) >= 11 is 0. The number of phenols is 2. The highest BCUT2D eigenvalue weighted by Crippen LogP contribution is 2.34. The molecule has 0 saturated heterocycles. The molecule has 5 heteroatoms. The van der Waals surface area contributed by atoms with Gasteiger partial charge in [-0.1, -0.05) is 0 Å². The lowest BCUT2D eigenvalue weighted by atomic mass is 10.1. The van der Waals surface area contributed by atoms with Crippen LogP contribution < -0.4 is 5.73 Å². The van der Waals surface area contributed by atoms with Crippen molar-refractivity contribution >= 4 is 5.84 Å². The molecular weight excluding hydrogens is 175 g/mol. The molecule has 2 rings (SSSR count). The summed E-state index contributed by atoms with van der Waals surface area (Å²) in [4.78, 5) is 3.78. The lowest BCUT2D eigenvalue weighted by Gasteiger charge is -2.04. The fraction of sp³-hybridized carbons (Fsp3) is 0.125. The van der Waals surface area contributed by atoms with Gasteiger partial charge in [0, 0.05) is 0 Å². The van der Waals surface area contributed by atoms with Gasteiger partial charge in [-0.15, -0.1) is 0 Å². The van der Waals surface area contributed by atoms with Gasteiger partial charge in [-0.05, 0) is 11.6 Å². The van der Waals surface area contributed by atoms with Crippen LogP contribution in [0.25, 0.3) is 0 Å². The molecule has 0 atom stereocenters. The van der Waals surface area contributed by atoms with Crippen molar-refractivity contribution in [1.29, 1.82) is 0 Å². The number of aliphatic imine (C=N–C) groups is 1. The molecule has 1 aliphatic heterocycles. The first-order valence-corrected chi connectivity index (χ1v) is 3.65. The van der Waals surface area contributed by atoms with Gasteiger partial charge in [-0.25, -0.2) is 4.39 Å². The highest BCUT2D eigenvalue weighted by molar-refractivity contribution is 6.01. The molecule has 0 unspecified atom stereocenters. The molecule has 68 valence electrons. The van der Waals surface area contributed by atoms with Gasteiger partial charge >= 0.3 is 0 Å². The van der Waals surface area contributed by atoms with E-state index in [0.29, 0.717) is 5.56 Å². The highest BCUT2D eigenvalue weighted by atomic mass is 19.1. The minimum atomic E-state index is -0.909. The normalized spacial score (nSPS) is 14.1. The average Bonchev–Trinajstić information content (AvgIpc) is 2.43. The Kier molecular flexibility index (Phi) is 1.42. The second-order valence-electron chi connectivity index (χ2n) is 2.79. The summed E-state index contributed by atoms with van der Waals surface area (Å²) in [5.74, 6) is -2.11. The first-order chi connectivity index (χ1) is 6.11. The number of aromatic hydroxyl groups is 2. The van der Waals surface area contributed by atoms with E-state index in [2.05, 4.69) is 4.99 Å². The summed E-state index contributed by atoms with van der Waals surface area (Å²) in [6.07, 6.45) is 0. The summed E-state index contributed by atoms with van der Waals surface area (Å²) in [7, 11) is 0. The molecule has 0 aromatic heterocycles. The standard InChI is InChI=1S/C8H7FN2O2/c9-6-5-3(2-11-8(5)10)1-4(12)7(6)13/h1,12-13H,2H2,(H2,10,11). The van der Waals surface area contributed by atoms with E-state index in [1.807, 2.05) is 0 Å². The monoisotopic (exact) mass is 182 g/mol. The average molecular weight is 182 g/mol. The number of hydrogen-bond donors (Lipinski definition) is 3. The maximum Gasteiger partial charge on any atom is 0.194 e. The first kappa shape index (κ1) is 7.85. The lowest BCUT2D eigenvalue weighted by Crippen LogP contribution is -2.12. The predicted molar refractivity (Wildman–Crippen MR) is 44.2 cm³/mol. The molecule has 0 aliphatic carbocycles. The van der Waals surface area contributed by atoms with E-state index in [1.165, 1.54) is 6.07 Å². The third kappa shape index (κ3) is 0.932. The summed E-state index contributed by atoms with van der Waals surface area (Å²) in [5.41, 5.74) is 5.97. The van der Waals surface area contributed by atoms with E-state index in [4.69, 9.17) is 15.9 Å². The van der Waals surface area contributed by atoms with Crippen molar-refractivity contribution in [2.75, 3.05) is 0 Å². The van der Waals surface area contributed by atoms with Gasteiger partial charge < -0.3 is 15.9 Å². The van der Waals surface area contributed by atoms with E-state index in [1.54, 1.807) is 0 Å². The van der Waals surface area contributed by atoms with E-state index in [-0.39, 0.29) is 17.9 Å². The molecule has 1 aromatic rings. The number of fused-ring (bicyclic) bond motifs is 1. The van der Waals surface area contributed by atoms with Gasteiger partial charge in [-0.3, -0.25) is 4.99 Å². The van der Waals surface area contributed by atoms with Crippen LogP contribution in [0.1, 0.15) is 11.1 Å². The van der Waals surface area contributed by atoms with Crippen molar-refractivity contribution < 1.29 is 14.6 Å². The van der Waals surface area contributed by atoms with Gasteiger partial charge in [0.05, 0.1) is 12.1 Å². The molecule has 4 nitrogen and oxygen atoms in total. The fourth-order valence-electron chi connectivity index (χ4n) is 1.33. The molecular formula is C8H7FN2O2. The van der Waals surface area contributed by atoms with Crippen molar-refractivity contribution in [2.24, 2.45) is 10.7 Å². The maximum atomic E-state index is 13.2. The number of halogens is 1. The molecule has 13 heavy (non-hydrogen) atoms. The quantitative estimate of drug-likeness (QED) is 0.510. The highest BCUT2D eigenvalue weighted by Gasteiger charge is 2.23. The van der Waals surface area contributed by atoms with E-state index < -0.39 is 17.3 Å². The molecule has 0 fully saturated rings. The Morgan fingerprint density at radius 1 is 1.46 bits per heavy atom. The predicted octanol–water partition coefficient (Wildman–Crippen LogP) is 0.456. The zero-order chi connectivity index (χ0) is 9.59. The number of phenolic OH excluding ortho intramolecular Hbond substituents is 2. The minimum Gasteiger partial charge on any atom is -0.504 e. The topological polar surface area (TPSA) is 78.8 Å². The minimum absolute atomic E-state index is 0.0581. The summed E-state index contributed by atoms with van der Waals surface area (Å²) in [5, 5.41) is 18.1. The Hall–Kier alpha value is -1.78. The molecule has 1 aliphatic rings. The Morgan fingerprint density at radius 2 is 2.15 bits per heavy atom. The van der Waals surface area contributed by atoms with Crippen molar-refractivity contribution in [2.45, 2.75) is 6.54 Å². The maximum absolute atomic E-state index is 13.2. The molecule has 0 saturated carbocycles. The molecule has 0 bridgehead atoms. The van der Waals surface area contributed by atoms with Crippen LogP contribution in [-0.4, -0.2) is 16.0 Å². The molecule has 4 N–H and O–H groups in total. The summed E-state index contributed by atoms with van der Waals surface area (Å²) in [6.45, 7) is 0.242. The van der Waals surface area contributed by atoms with E-state index in [0.717, 1.165) is 0 Å². The van der Waals surface area contributed by atoms with Crippen LogP contribution in [-0.2, 0) is 6.54 Å². The zero-order valence-electron chi connectivity index (χ0n) is 6.58. The Morgan fingerprint density at radius 3 is 2.85 bits per heavy atom. The van der Waals surface area contributed by atoms with Gasteiger partial charge in [0.25, 0.3) is 0 Å². The van der Waals surface area contributed by atoms with Gasteiger partial charge in [0.15, 0.2) is 17.3 Å². The first-order valence-electron chi connectivity index (χ1n) is 3.65. The van der Waals surface area contributed by atoms with E-state index in [9.17, 15) is 4.39 Å². The summed E-state index contributed by atoms with van der Waals surface area (Å²) in [6, 6.07) is 1.26. The van der Waals surface area contributed by atoms with Crippen LogP contribution in [0.2, 0.25) is 0 Å². The van der Waals surface area contributed by atoms with Crippen LogP contribution in [0.4, 0.5) is 4.39 Å². The number of benzene rings is 1. The van der Waals surface area contributed by atoms with Crippen LogP contribution in [0.15, 0.2) is 11.1 Å². The molecule has 1 aromatic carbocycles. The molecule has 0 amide bonds. The van der Waals surface area contributed by atoms with Crippen molar-refractivity contribution in [3.63, 3.8) is 0 Å². The number of amidine groups is 1. The van der Waals surface area contributed by atoms with Crippen LogP contribution in [0, 0.1) is 5.82 Å². The summed E-state index contributed by atoms with van der Waals surface area (Å²) < 4.78 is 13.2. The molecule has 1 heterocycles. The Bertz CT molecular complexity index is 415. The molecule has 0 radical (unpaired) electrons. The van der Waals surface area contributed by atoms with Gasteiger partial charge in [0.2, 0.25) is 0 Å². The number of hydrogen-bond acceptors (Lipinski definition) is 4. The second-order valence-corrected chi connectivity index (χ2v) is 2.79. The van der Waals surface area contributed by atoms with Crippen molar-refractivity contribution in [3.8, 4) is 11.5 Å². The smallest absolute Gasteiger partial charge is 0.194 e. The van der Waals surface area contributed by atoms with Crippen LogP contribution in [0.5, 0.6) is 11.5 Å². The SMILES string of the molecule is NC1=NCc2cc(O)c(O)c(F)c21. The lowest BCUT2D eigenvalue weighted by molar-refractivity contribution is 0.378. The number of nitrogens with two attached hydrogens (primary N) is 1. The van der Waals surface area contributed by atoms with Crippen LogP contribution in [0.3, 0.4) is 0 Å². The fourth-order valence-corrected chi connectivity index (χ4v) is 1.33. The number of rotatable bonds is 0. The van der Waals surface area contributed by atoms with Crippen LogP contribution >= 0.6 is 0 Å². The largest absolute Gasteiger partial charge is 0.504 e. The Labute approximate surface area is 73.1 Å². The van der Waals surface area contributed by atoms with Gasteiger partial charge in [-0.2, -0.15) is 0 Å². The Balaban J connectivity index is 2.74. The third-order valence-corrected chi connectivity index (χ3v) is 1.98.